The van der Waals surface area contributed by atoms with Crippen LogP contribution < -0.4 is 10.1 Å². The van der Waals surface area contributed by atoms with Crippen molar-refractivity contribution in [3.63, 3.8) is 0 Å². The van der Waals surface area contributed by atoms with Crippen molar-refractivity contribution in [2.45, 2.75) is 19.5 Å². The fourth-order valence-corrected chi connectivity index (χ4v) is 3.28. The molecule has 0 spiro atoms. The molecule has 5 nitrogen and oxygen atoms in total. The van der Waals surface area contributed by atoms with E-state index in [1.165, 1.54) is 11.1 Å². The minimum atomic E-state index is 0. The Morgan fingerprint density at radius 1 is 1.03 bits per heavy atom. The van der Waals surface area contributed by atoms with Crippen LogP contribution >= 0.6 is 24.8 Å². The molecule has 0 radical (unpaired) electrons. The Bertz CT molecular complexity index is 757. The molecular weight excluding hydrogens is 409 g/mol. The van der Waals surface area contributed by atoms with Gasteiger partial charge in [-0.2, -0.15) is 0 Å². The second-order valence-corrected chi connectivity index (χ2v) is 7.21. The summed E-state index contributed by atoms with van der Waals surface area (Å²) in [6, 6.07) is 16.2. The molecule has 0 unspecified atom stereocenters. The van der Waals surface area contributed by atoms with Crippen LogP contribution in [0.2, 0.25) is 0 Å². The van der Waals surface area contributed by atoms with Crippen molar-refractivity contribution in [3.8, 4) is 5.75 Å². The lowest BCUT2D eigenvalue weighted by atomic mass is 10.0. The number of amides is 1. The number of halogens is 2. The molecule has 0 saturated carbocycles. The monoisotopic (exact) mass is 439 g/mol. The molecule has 0 saturated heterocycles. The van der Waals surface area contributed by atoms with E-state index >= 15 is 0 Å². The molecule has 29 heavy (non-hydrogen) atoms. The summed E-state index contributed by atoms with van der Waals surface area (Å²) in [5.41, 5.74) is 3.62. The van der Waals surface area contributed by atoms with Gasteiger partial charge in [0.15, 0.2) is 6.61 Å². The van der Waals surface area contributed by atoms with Crippen LogP contribution in [0.1, 0.15) is 16.7 Å². The number of rotatable bonds is 8. The SMILES string of the molecule is CN(C)CCN(Cc1ccccc1)C(=O)COc1cccc2c1CCNC2.Cl.Cl. The molecule has 0 bridgehead atoms. The summed E-state index contributed by atoms with van der Waals surface area (Å²) in [6.07, 6.45) is 0.939. The first kappa shape index (κ1) is 25.2. The van der Waals surface area contributed by atoms with Gasteiger partial charge in [-0.05, 0) is 49.8 Å². The molecule has 1 amide bonds. The number of carbonyl (C=O) groups excluding carboxylic acids is 1. The van der Waals surface area contributed by atoms with Crippen molar-refractivity contribution in [1.29, 1.82) is 0 Å². The number of hydrogen-bond acceptors (Lipinski definition) is 4. The maximum Gasteiger partial charge on any atom is 0.260 e. The highest BCUT2D eigenvalue weighted by Gasteiger charge is 2.18. The van der Waals surface area contributed by atoms with Gasteiger partial charge < -0.3 is 19.9 Å². The number of nitrogens with zero attached hydrogens (tertiary/aromatic N) is 2. The van der Waals surface area contributed by atoms with Gasteiger partial charge in [-0.1, -0.05) is 42.5 Å². The maximum absolute atomic E-state index is 12.9. The van der Waals surface area contributed by atoms with Gasteiger partial charge in [-0.25, -0.2) is 0 Å². The molecule has 7 heteroatoms. The van der Waals surface area contributed by atoms with Crippen LogP contribution in [0, 0.1) is 0 Å². The molecule has 2 aromatic carbocycles. The van der Waals surface area contributed by atoms with E-state index in [-0.39, 0.29) is 37.3 Å². The van der Waals surface area contributed by atoms with E-state index in [0.717, 1.165) is 37.4 Å². The molecule has 0 aromatic heterocycles. The largest absolute Gasteiger partial charge is 0.483 e. The number of ether oxygens (including phenoxy) is 1. The van der Waals surface area contributed by atoms with Crippen molar-refractivity contribution < 1.29 is 9.53 Å². The fraction of sp³-hybridized carbons (Fsp3) is 0.409. The molecular formula is C22H31Cl2N3O2. The average Bonchev–Trinajstić information content (AvgIpc) is 2.70. The summed E-state index contributed by atoms with van der Waals surface area (Å²) >= 11 is 0. The van der Waals surface area contributed by atoms with Gasteiger partial charge in [-0.15, -0.1) is 24.8 Å². The molecule has 2 aromatic rings. The lowest BCUT2D eigenvalue weighted by Crippen LogP contribution is -2.39. The van der Waals surface area contributed by atoms with Crippen molar-refractivity contribution in [2.75, 3.05) is 40.3 Å². The number of fused-ring (bicyclic) bond motifs is 1. The van der Waals surface area contributed by atoms with Gasteiger partial charge in [0.25, 0.3) is 5.91 Å². The van der Waals surface area contributed by atoms with Crippen LogP contribution in [0.5, 0.6) is 5.75 Å². The maximum atomic E-state index is 12.9. The molecule has 1 N–H and O–H groups in total. The molecule has 3 rings (SSSR count). The van der Waals surface area contributed by atoms with Crippen LogP contribution in [0.15, 0.2) is 48.5 Å². The number of carbonyl (C=O) groups is 1. The third-order valence-electron chi connectivity index (χ3n) is 4.83. The Kier molecular flexibility index (Phi) is 11.1. The molecule has 0 aliphatic carbocycles. The van der Waals surface area contributed by atoms with Crippen LogP contribution in [-0.2, 0) is 24.3 Å². The van der Waals surface area contributed by atoms with Crippen molar-refractivity contribution >= 4 is 30.7 Å². The lowest BCUT2D eigenvalue weighted by Gasteiger charge is -2.25. The Labute approximate surface area is 186 Å². The van der Waals surface area contributed by atoms with E-state index in [2.05, 4.69) is 28.4 Å². The predicted octanol–water partition coefficient (Wildman–Crippen LogP) is 3.15. The van der Waals surface area contributed by atoms with E-state index in [9.17, 15) is 4.79 Å². The second kappa shape index (κ2) is 12.7. The zero-order valence-corrected chi connectivity index (χ0v) is 18.7. The summed E-state index contributed by atoms with van der Waals surface area (Å²) in [7, 11) is 4.04. The van der Waals surface area contributed by atoms with E-state index in [1.54, 1.807) is 0 Å². The van der Waals surface area contributed by atoms with Gasteiger partial charge in [0.05, 0.1) is 0 Å². The molecule has 0 fully saturated rings. The number of nitrogens with one attached hydrogen (secondary N) is 1. The highest BCUT2D eigenvalue weighted by Crippen LogP contribution is 2.25. The van der Waals surface area contributed by atoms with Crippen LogP contribution in [0.3, 0.4) is 0 Å². The van der Waals surface area contributed by atoms with E-state index in [4.69, 9.17) is 4.74 Å². The Morgan fingerprint density at radius 2 is 1.79 bits per heavy atom. The van der Waals surface area contributed by atoms with Gasteiger partial charge >= 0.3 is 0 Å². The highest BCUT2D eigenvalue weighted by atomic mass is 35.5. The minimum Gasteiger partial charge on any atom is -0.483 e. The predicted molar refractivity (Wildman–Crippen MR) is 122 cm³/mol. The summed E-state index contributed by atoms with van der Waals surface area (Å²) in [4.78, 5) is 16.8. The first-order valence-corrected chi connectivity index (χ1v) is 9.54. The normalized spacial score (nSPS) is 12.4. The molecule has 1 aliphatic heterocycles. The minimum absolute atomic E-state index is 0. The van der Waals surface area contributed by atoms with Gasteiger partial charge in [-0.3, -0.25) is 4.79 Å². The Hall–Kier alpha value is -1.79. The van der Waals surface area contributed by atoms with Crippen LogP contribution in [0.25, 0.3) is 0 Å². The van der Waals surface area contributed by atoms with Crippen LogP contribution in [-0.4, -0.2) is 56.0 Å². The quantitative estimate of drug-likeness (QED) is 0.685. The zero-order valence-electron chi connectivity index (χ0n) is 17.1. The number of benzene rings is 2. The molecule has 1 heterocycles. The highest BCUT2D eigenvalue weighted by molar-refractivity contribution is 5.85. The molecule has 1 aliphatic rings. The summed E-state index contributed by atoms with van der Waals surface area (Å²) in [5, 5.41) is 3.37. The smallest absolute Gasteiger partial charge is 0.260 e. The Balaban J connectivity index is 0.00000210. The third kappa shape index (κ3) is 7.52. The fourth-order valence-electron chi connectivity index (χ4n) is 3.28. The first-order valence-electron chi connectivity index (χ1n) is 9.54. The van der Waals surface area contributed by atoms with Gasteiger partial charge in [0.2, 0.25) is 0 Å². The van der Waals surface area contributed by atoms with Gasteiger partial charge in [0.1, 0.15) is 5.75 Å². The second-order valence-electron chi connectivity index (χ2n) is 7.21. The summed E-state index contributed by atoms with van der Waals surface area (Å²) in [5.74, 6) is 0.863. The number of likely N-dealkylation sites (N-methyl/N-ethyl adjacent to an activating group) is 1. The van der Waals surface area contributed by atoms with E-state index in [1.807, 2.05) is 49.3 Å². The Morgan fingerprint density at radius 3 is 2.52 bits per heavy atom. The first-order chi connectivity index (χ1) is 13.1. The van der Waals surface area contributed by atoms with Crippen molar-refractivity contribution in [3.05, 3.63) is 65.2 Å². The zero-order chi connectivity index (χ0) is 19.1. The van der Waals surface area contributed by atoms with Gasteiger partial charge in [0, 0.05) is 26.2 Å². The summed E-state index contributed by atoms with van der Waals surface area (Å²) < 4.78 is 5.96. The van der Waals surface area contributed by atoms with Crippen molar-refractivity contribution in [2.24, 2.45) is 0 Å². The summed E-state index contributed by atoms with van der Waals surface area (Å²) in [6.45, 7) is 4.00. The standard InChI is InChI=1S/C22H29N3O2.2ClH/c1-24(2)13-14-25(16-18-7-4-3-5-8-18)22(26)17-27-21-10-6-9-19-15-23-12-11-20(19)21;;/h3-10,23H,11-17H2,1-2H3;2*1H. The third-order valence-corrected chi connectivity index (χ3v) is 4.83. The van der Waals surface area contributed by atoms with E-state index in [0.29, 0.717) is 13.1 Å². The van der Waals surface area contributed by atoms with E-state index < -0.39 is 0 Å². The topological polar surface area (TPSA) is 44.8 Å². The number of hydrogen-bond donors (Lipinski definition) is 1. The lowest BCUT2D eigenvalue weighted by molar-refractivity contribution is -0.134. The average molecular weight is 440 g/mol. The van der Waals surface area contributed by atoms with Crippen LogP contribution in [0.4, 0.5) is 0 Å². The molecule has 0 atom stereocenters. The van der Waals surface area contributed by atoms with Crippen molar-refractivity contribution in [1.82, 2.24) is 15.1 Å². The molecule has 160 valence electrons.